The van der Waals surface area contributed by atoms with E-state index in [1.54, 1.807) is 0 Å². The molecular weight excluding hydrogens is 264 g/mol. The molecule has 2 rings (SSSR count). The smallest absolute Gasteiger partial charge is 0.296 e. The zero-order valence-corrected chi connectivity index (χ0v) is 10.1. The molecule has 0 radical (unpaired) electrons. The van der Waals surface area contributed by atoms with Gasteiger partial charge in [0.25, 0.3) is 11.6 Å². The minimum Gasteiger partial charge on any atom is -0.508 e. The highest BCUT2D eigenvalue weighted by molar-refractivity contribution is 6.06. The molecule has 102 valence electrons. The molecule has 0 saturated carbocycles. The fourth-order valence-electron chi connectivity index (χ4n) is 1.61. The fraction of sp³-hybridized carbons (Fsp3) is 0. The molecule has 0 unspecified atom stereocenters. The number of rotatable bonds is 3. The summed E-state index contributed by atoms with van der Waals surface area (Å²) in [5.74, 6) is -1.03. The fourth-order valence-corrected chi connectivity index (χ4v) is 1.61. The number of hydrogen-bond donors (Lipinski definition) is 3. The average molecular weight is 274 g/mol. The monoisotopic (exact) mass is 274 g/mol. The number of carbonyl (C=O) groups is 1. The van der Waals surface area contributed by atoms with Crippen LogP contribution >= 0.6 is 0 Å². The number of aromatic hydroxyl groups is 2. The van der Waals surface area contributed by atoms with E-state index >= 15 is 0 Å². The highest BCUT2D eigenvalue weighted by Gasteiger charge is 2.20. The second-order valence-electron chi connectivity index (χ2n) is 3.93. The minimum absolute atomic E-state index is 0.00455. The largest absolute Gasteiger partial charge is 0.508 e. The van der Waals surface area contributed by atoms with E-state index in [0.717, 1.165) is 0 Å². The van der Waals surface area contributed by atoms with Crippen LogP contribution < -0.4 is 5.32 Å². The molecule has 20 heavy (non-hydrogen) atoms. The number of hydrogen-bond acceptors (Lipinski definition) is 5. The Kier molecular flexibility index (Phi) is 3.52. The molecule has 2 aromatic rings. The van der Waals surface area contributed by atoms with E-state index in [4.69, 9.17) is 5.11 Å². The van der Waals surface area contributed by atoms with E-state index in [9.17, 15) is 20.0 Å². The molecule has 0 aromatic heterocycles. The first-order chi connectivity index (χ1) is 9.49. The molecule has 0 atom stereocenters. The van der Waals surface area contributed by atoms with Crippen molar-refractivity contribution in [2.45, 2.75) is 0 Å². The van der Waals surface area contributed by atoms with Gasteiger partial charge >= 0.3 is 0 Å². The Bertz CT molecular complexity index is 667. The SMILES string of the molecule is O=C(Nc1c(O)cccc1[N+](=O)[O-])c1ccc(O)cc1. The van der Waals surface area contributed by atoms with Gasteiger partial charge in [-0.25, -0.2) is 0 Å². The van der Waals surface area contributed by atoms with Crippen molar-refractivity contribution in [1.29, 1.82) is 0 Å². The number of phenols is 2. The lowest BCUT2D eigenvalue weighted by atomic mass is 10.2. The van der Waals surface area contributed by atoms with Crippen LogP contribution in [0.2, 0.25) is 0 Å². The summed E-state index contributed by atoms with van der Waals surface area (Å²) < 4.78 is 0. The molecular formula is C13H10N2O5. The topological polar surface area (TPSA) is 113 Å². The van der Waals surface area contributed by atoms with Gasteiger partial charge in [0, 0.05) is 11.6 Å². The number of phenolic OH excluding ortho intramolecular Hbond substituents is 2. The third kappa shape index (κ3) is 2.66. The lowest BCUT2D eigenvalue weighted by Gasteiger charge is -2.07. The summed E-state index contributed by atoms with van der Waals surface area (Å²) in [6.07, 6.45) is 0. The van der Waals surface area contributed by atoms with Crippen LogP contribution in [0.15, 0.2) is 42.5 Å². The van der Waals surface area contributed by atoms with Gasteiger partial charge in [-0.3, -0.25) is 14.9 Å². The van der Waals surface area contributed by atoms with Crippen LogP contribution in [0.25, 0.3) is 0 Å². The molecule has 7 heteroatoms. The maximum Gasteiger partial charge on any atom is 0.296 e. The third-order valence-corrected chi connectivity index (χ3v) is 2.59. The Labute approximate surface area is 113 Å². The van der Waals surface area contributed by atoms with Crippen molar-refractivity contribution in [3.63, 3.8) is 0 Å². The second-order valence-corrected chi connectivity index (χ2v) is 3.93. The number of amides is 1. The minimum atomic E-state index is -0.702. The number of nitrogens with one attached hydrogen (secondary N) is 1. The van der Waals surface area contributed by atoms with Crippen molar-refractivity contribution in [2.75, 3.05) is 5.32 Å². The molecule has 7 nitrogen and oxygen atoms in total. The van der Waals surface area contributed by atoms with Gasteiger partial charge in [-0.2, -0.15) is 0 Å². The Hall–Kier alpha value is -3.09. The van der Waals surface area contributed by atoms with Crippen molar-refractivity contribution in [3.05, 3.63) is 58.1 Å². The predicted octanol–water partition coefficient (Wildman–Crippen LogP) is 2.26. The van der Waals surface area contributed by atoms with E-state index < -0.39 is 22.3 Å². The Balaban J connectivity index is 2.32. The first kappa shape index (κ1) is 13.3. The number of para-hydroxylation sites is 1. The summed E-state index contributed by atoms with van der Waals surface area (Å²) >= 11 is 0. The second kappa shape index (κ2) is 5.27. The molecule has 0 aliphatic carbocycles. The molecule has 1 amide bonds. The lowest BCUT2D eigenvalue weighted by molar-refractivity contribution is -0.384. The highest BCUT2D eigenvalue weighted by Crippen LogP contribution is 2.33. The quantitative estimate of drug-likeness (QED) is 0.451. The summed E-state index contributed by atoms with van der Waals surface area (Å²) in [5, 5.41) is 31.9. The van der Waals surface area contributed by atoms with Crippen LogP contribution in [-0.4, -0.2) is 21.0 Å². The van der Waals surface area contributed by atoms with Gasteiger partial charge in [0.2, 0.25) is 0 Å². The molecule has 0 spiro atoms. The average Bonchev–Trinajstić information content (AvgIpc) is 2.41. The Morgan fingerprint density at radius 1 is 1.10 bits per heavy atom. The summed E-state index contributed by atoms with van der Waals surface area (Å²) in [5.41, 5.74) is -0.479. The number of carbonyl (C=O) groups excluding carboxylic acids is 1. The van der Waals surface area contributed by atoms with Crippen LogP contribution in [-0.2, 0) is 0 Å². The summed E-state index contributed by atoms with van der Waals surface area (Å²) in [7, 11) is 0. The first-order valence-electron chi connectivity index (χ1n) is 5.56. The lowest BCUT2D eigenvalue weighted by Crippen LogP contribution is -2.13. The van der Waals surface area contributed by atoms with Crippen molar-refractivity contribution in [1.82, 2.24) is 0 Å². The molecule has 0 aliphatic heterocycles. The molecule has 3 N–H and O–H groups in total. The number of nitro groups is 1. The van der Waals surface area contributed by atoms with Gasteiger partial charge < -0.3 is 15.5 Å². The van der Waals surface area contributed by atoms with Crippen molar-refractivity contribution in [3.8, 4) is 11.5 Å². The number of nitrogens with zero attached hydrogens (tertiary/aromatic N) is 1. The van der Waals surface area contributed by atoms with E-state index in [1.165, 1.54) is 42.5 Å². The molecule has 0 heterocycles. The number of anilines is 1. The van der Waals surface area contributed by atoms with Gasteiger partial charge in [0.15, 0.2) is 5.69 Å². The van der Waals surface area contributed by atoms with E-state index in [1.807, 2.05) is 0 Å². The Morgan fingerprint density at radius 2 is 1.75 bits per heavy atom. The zero-order valence-electron chi connectivity index (χ0n) is 10.1. The molecule has 0 bridgehead atoms. The summed E-state index contributed by atoms with van der Waals surface area (Å²) in [6.45, 7) is 0. The highest BCUT2D eigenvalue weighted by atomic mass is 16.6. The van der Waals surface area contributed by atoms with Gasteiger partial charge in [0.1, 0.15) is 11.5 Å². The van der Waals surface area contributed by atoms with Crippen molar-refractivity contribution < 1.29 is 19.9 Å². The molecule has 0 saturated heterocycles. The first-order valence-corrected chi connectivity index (χ1v) is 5.56. The number of benzene rings is 2. The van der Waals surface area contributed by atoms with Crippen LogP contribution in [0, 0.1) is 10.1 Å². The van der Waals surface area contributed by atoms with Crippen LogP contribution in [0.4, 0.5) is 11.4 Å². The van der Waals surface area contributed by atoms with E-state index in [-0.39, 0.29) is 17.0 Å². The molecule has 0 fully saturated rings. The van der Waals surface area contributed by atoms with Gasteiger partial charge in [-0.05, 0) is 30.3 Å². The predicted molar refractivity (Wildman–Crippen MR) is 70.8 cm³/mol. The molecule has 0 aliphatic rings. The van der Waals surface area contributed by atoms with Gasteiger partial charge in [-0.1, -0.05) is 6.07 Å². The van der Waals surface area contributed by atoms with E-state index in [0.29, 0.717) is 0 Å². The van der Waals surface area contributed by atoms with Crippen molar-refractivity contribution >= 4 is 17.3 Å². The summed E-state index contributed by atoms with van der Waals surface area (Å²) in [4.78, 5) is 22.1. The maximum atomic E-state index is 11.9. The van der Waals surface area contributed by atoms with Crippen LogP contribution in [0.3, 0.4) is 0 Å². The maximum absolute atomic E-state index is 11.9. The van der Waals surface area contributed by atoms with Crippen LogP contribution in [0.5, 0.6) is 11.5 Å². The van der Waals surface area contributed by atoms with Gasteiger partial charge in [-0.15, -0.1) is 0 Å². The third-order valence-electron chi connectivity index (χ3n) is 2.59. The van der Waals surface area contributed by atoms with E-state index in [2.05, 4.69) is 5.32 Å². The normalized spacial score (nSPS) is 10.0. The zero-order chi connectivity index (χ0) is 14.7. The Morgan fingerprint density at radius 3 is 2.35 bits per heavy atom. The standard InChI is InChI=1S/C13H10N2O5/c16-9-6-4-8(5-7-9)13(18)14-12-10(15(19)20)2-1-3-11(12)17/h1-7,16-17H,(H,14,18). The van der Waals surface area contributed by atoms with Crippen LogP contribution in [0.1, 0.15) is 10.4 Å². The summed E-state index contributed by atoms with van der Waals surface area (Å²) in [6, 6.07) is 9.06. The number of nitro benzene ring substituents is 1. The van der Waals surface area contributed by atoms with Crippen molar-refractivity contribution in [2.24, 2.45) is 0 Å². The van der Waals surface area contributed by atoms with Gasteiger partial charge in [0.05, 0.1) is 4.92 Å². The molecule has 2 aromatic carbocycles.